The minimum absolute atomic E-state index is 0.308. The van der Waals surface area contributed by atoms with Gasteiger partial charge in [-0.15, -0.1) is 0 Å². The SMILES string of the molecule is C=C(Br)CNC(C)c1cccnc1. The van der Waals surface area contributed by atoms with E-state index in [1.807, 2.05) is 12.3 Å². The summed E-state index contributed by atoms with van der Waals surface area (Å²) in [5.41, 5.74) is 1.19. The van der Waals surface area contributed by atoms with Gasteiger partial charge in [0.25, 0.3) is 0 Å². The maximum atomic E-state index is 4.06. The summed E-state index contributed by atoms with van der Waals surface area (Å²) in [6, 6.07) is 4.31. The Morgan fingerprint density at radius 2 is 2.54 bits per heavy atom. The molecule has 0 saturated carbocycles. The first-order chi connectivity index (χ1) is 6.20. The van der Waals surface area contributed by atoms with Crippen LogP contribution in [0.15, 0.2) is 35.6 Å². The van der Waals surface area contributed by atoms with Gasteiger partial charge in [-0.2, -0.15) is 0 Å². The van der Waals surface area contributed by atoms with Crippen LogP contribution in [0.4, 0.5) is 0 Å². The molecule has 1 N–H and O–H groups in total. The summed E-state index contributed by atoms with van der Waals surface area (Å²) in [5.74, 6) is 0. The third kappa shape index (κ3) is 3.70. The maximum absolute atomic E-state index is 4.06. The Bertz CT molecular complexity index is 272. The highest BCUT2D eigenvalue weighted by Gasteiger charge is 2.03. The molecule has 0 saturated heterocycles. The molecule has 0 spiro atoms. The molecule has 3 heteroatoms. The van der Waals surface area contributed by atoms with Gasteiger partial charge in [-0.05, 0) is 18.6 Å². The molecule has 1 rings (SSSR count). The van der Waals surface area contributed by atoms with Crippen LogP contribution in [0.3, 0.4) is 0 Å². The first-order valence-electron chi connectivity index (χ1n) is 4.16. The Morgan fingerprint density at radius 3 is 3.08 bits per heavy atom. The van der Waals surface area contributed by atoms with Crippen molar-refractivity contribution in [3.05, 3.63) is 41.2 Å². The molecule has 70 valence electrons. The lowest BCUT2D eigenvalue weighted by Gasteiger charge is -2.12. The molecule has 0 aliphatic rings. The van der Waals surface area contributed by atoms with E-state index in [9.17, 15) is 0 Å². The van der Waals surface area contributed by atoms with Crippen molar-refractivity contribution in [1.29, 1.82) is 0 Å². The molecule has 0 bridgehead atoms. The zero-order chi connectivity index (χ0) is 9.68. The van der Waals surface area contributed by atoms with Gasteiger partial charge in [0.15, 0.2) is 0 Å². The Hall–Kier alpha value is -0.670. The van der Waals surface area contributed by atoms with Gasteiger partial charge in [-0.1, -0.05) is 28.6 Å². The van der Waals surface area contributed by atoms with Gasteiger partial charge in [0.2, 0.25) is 0 Å². The third-order valence-corrected chi connectivity index (χ3v) is 2.06. The van der Waals surface area contributed by atoms with E-state index in [4.69, 9.17) is 0 Å². The number of nitrogens with one attached hydrogen (secondary N) is 1. The minimum atomic E-state index is 0.308. The molecule has 0 aliphatic heterocycles. The van der Waals surface area contributed by atoms with Crippen LogP contribution in [0.2, 0.25) is 0 Å². The normalized spacial score (nSPS) is 12.5. The van der Waals surface area contributed by atoms with Crippen molar-refractivity contribution in [3.8, 4) is 0 Å². The Morgan fingerprint density at radius 1 is 1.77 bits per heavy atom. The summed E-state index contributed by atoms with van der Waals surface area (Å²) in [5, 5.41) is 3.31. The molecular formula is C10H13BrN2. The number of hydrogen-bond acceptors (Lipinski definition) is 2. The van der Waals surface area contributed by atoms with E-state index >= 15 is 0 Å². The maximum Gasteiger partial charge on any atom is 0.0315 e. The van der Waals surface area contributed by atoms with Gasteiger partial charge < -0.3 is 5.32 Å². The van der Waals surface area contributed by atoms with E-state index in [0.29, 0.717) is 6.04 Å². The van der Waals surface area contributed by atoms with Gasteiger partial charge in [0, 0.05) is 29.5 Å². The van der Waals surface area contributed by atoms with E-state index in [1.165, 1.54) is 5.56 Å². The average Bonchev–Trinajstić information content (AvgIpc) is 2.15. The first kappa shape index (κ1) is 10.4. The zero-order valence-electron chi connectivity index (χ0n) is 7.63. The topological polar surface area (TPSA) is 24.9 Å². The fourth-order valence-corrected chi connectivity index (χ4v) is 1.18. The summed E-state index contributed by atoms with van der Waals surface area (Å²) in [6.45, 7) is 6.64. The molecule has 1 aromatic rings. The van der Waals surface area contributed by atoms with E-state index in [2.05, 4.69) is 45.8 Å². The van der Waals surface area contributed by atoms with Crippen LogP contribution >= 0.6 is 15.9 Å². The average molecular weight is 241 g/mol. The standard InChI is InChI=1S/C10H13BrN2/c1-8(11)6-13-9(2)10-4-3-5-12-7-10/h3-5,7,9,13H,1,6H2,2H3. The Balaban J connectivity index is 2.49. The highest BCUT2D eigenvalue weighted by atomic mass is 79.9. The largest absolute Gasteiger partial charge is 0.306 e. The number of rotatable bonds is 4. The summed E-state index contributed by atoms with van der Waals surface area (Å²) in [4.78, 5) is 4.06. The van der Waals surface area contributed by atoms with Crippen molar-refractivity contribution >= 4 is 15.9 Å². The van der Waals surface area contributed by atoms with Crippen molar-refractivity contribution in [3.63, 3.8) is 0 Å². The lowest BCUT2D eigenvalue weighted by atomic mass is 10.1. The molecular weight excluding hydrogens is 228 g/mol. The van der Waals surface area contributed by atoms with Gasteiger partial charge in [0.05, 0.1) is 0 Å². The van der Waals surface area contributed by atoms with Crippen LogP contribution in [0.1, 0.15) is 18.5 Å². The molecule has 1 heterocycles. The minimum Gasteiger partial charge on any atom is -0.306 e. The summed E-state index contributed by atoms with van der Waals surface area (Å²) >= 11 is 3.30. The van der Waals surface area contributed by atoms with Gasteiger partial charge in [-0.3, -0.25) is 4.98 Å². The quantitative estimate of drug-likeness (QED) is 0.876. The molecule has 1 atom stereocenters. The second kappa shape index (κ2) is 5.14. The molecule has 2 nitrogen and oxygen atoms in total. The fraction of sp³-hybridized carbons (Fsp3) is 0.300. The number of hydrogen-bond donors (Lipinski definition) is 1. The molecule has 0 radical (unpaired) electrons. The second-order valence-electron chi connectivity index (χ2n) is 2.91. The Kier molecular flexibility index (Phi) is 4.12. The zero-order valence-corrected chi connectivity index (χ0v) is 9.21. The first-order valence-corrected chi connectivity index (χ1v) is 4.96. The molecule has 1 aromatic heterocycles. The summed E-state index contributed by atoms with van der Waals surface area (Å²) < 4.78 is 0.961. The monoisotopic (exact) mass is 240 g/mol. The molecule has 1 unspecified atom stereocenters. The smallest absolute Gasteiger partial charge is 0.0315 e. The molecule has 13 heavy (non-hydrogen) atoms. The van der Waals surface area contributed by atoms with Crippen LogP contribution in [0.25, 0.3) is 0 Å². The van der Waals surface area contributed by atoms with Crippen molar-refractivity contribution < 1.29 is 0 Å². The van der Waals surface area contributed by atoms with Crippen LogP contribution in [-0.4, -0.2) is 11.5 Å². The van der Waals surface area contributed by atoms with Crippen LogP contribution < -0.4 is 5.32 Å². The predicted octanol–water partition coefficient (Wildman–Crippen LogP) is 2.64. The van der Waals surface area contributed by atoms with Crippen molar-refractivity contribution in [2.75, 3.05) is 6.54 Å². The summed E-state index contributed by atoms with van der Waals surface area (Å²) in [7, 11) is 0. The highest BCUT2D eigenvalue weighted by molar-refractivity contribution is 9.11. The fourth-order valence-electron chi connectivity index (χ4n) is 1.01. The van der Waals surface area contributed by atoms with Gasteiger partial charge >= 0.3 is 0 Å². The molecule has 0 aromatic carbocycles. The lowest BCUT2D eigenvalue weighted by molar-refractivity contribution is 0.613. The van der Waals surface area contributed by atoms with Crippen molar-refractivity contribution in [2.24, 2.45) is 0 Å². The summed E-state index contributed by atoms with van der Waals surface area (Å²) in [6.07, 6.45) is 3.65. The number of nitrogens with zero attached hydrogens (tertiary/aromatic N) is 1. The lowest BCUT2D eigenvalue weighted by Crippen LogP contribution is -2.19. The van der Waals surface area contributed by atoms with Crippen LogP contribution in [0, 0.1) is 0 Å². The van der Waals surface area contributed by atoms with E-state index in [0.717, 1.165) is 11.0 Å². The predicted molar refractivity (Wildman–Crippen MR) is 58.7 cm³/mol. The molecule has 0 fully saturated rings. The number of aromatic nitrogens is 1. The van der Waals surface area contributed by atoms with E-state index < -0.39 is 0 Å². The van der Waals surface area contributed by atoms with Crippen LogP contribution in [-0.2, 0) is 0 Å². The number of pyridine rings is 1. The van der Waals surface area contributed by atoms with Gasteiger partial charge in [0.1, 0.15) is 0 Å². The van der Waals surface area contributed by atoms with Crippen molar-refractivity contribution in [1.82, 2.24) is 10.3 Å². The van der Waals surface area contributed by atoms with Crippen molar-refractivity contribution in [2.45, 2.75) is 13.0 Å². The van der Waals surface area contributed by atoms with E-state index in [-0.39, 0.29) is 0 Å². The number of halogens is 1. The third-order valence-electron chi connectivity index (χ3n) is 1.78. The molecule has 0 aliphatic carbocycles. The molecule has 0 amide bonds. The van der Waals surface area contributed by atoms with Gasteiger partial charge in [-0.25, -0.2) is 0 Å². The highest BCUT2D eigenvalue weighted by Crippen LogP contribution is 2.10. The second-order valence-corrected chi connectivity index (χ2v) is 4.03. The van der Waals surface area contributed by atoms with Crippen LogP contribution in [0.5, 0.6) is 0 Å². The van der Waals surface area contributed by atoms with E-state index in [1.54, 1.807) is 6.20 Å². The Labute approximate surface area is 87.2 Å².